The number of para-hydroxylation sites is 1. The van der Waals surface area contributed by atoms with Gasteiger partial charge in [0.15, 0.2) is 0 Å². The fourth-order valence-corrected chi connectivity index (χ4v) is 8.14. The third-order valence-electron chi connectivity index (χ3n) is 7.32. The minimum atomic E-state index is -4.67. The number of imide groups is 1. The molecule has 2 aliphatic rings. The van der Waals surface area contributed by atoms with Crippen LogP contribution in [-0.2, 0) is 27.1 Å². The molecule has 2 unspecified atom stereocenters. The first-order chi connectivity index (χ1) is 20.6. The van der Waals surface area contributed by atoms with Gasteiger partial charge in [0.2, 0.25) is 17.7 Å². The Bertz CT molecular complexity index is 1790. The minimum Gasteiger partial charge on any atom is -0.497 e. The van der Waals surface area contributed by atoms with Crippen LogP contribution in [0.15, 0.2) is 88.7 Å². The largest absolute Gasteiger partial charge is 0.497 e. The molecule has 2 aliphatic heterocycles. The predicted octanol–water partition coefficient (Wildman–Crippen LogP) is 5.37. The summed E-state index contributed by atoms with van der Waals surface area (Å²) in [4.78, 5) is 54.8. The van der Waals surface area contributed by atoms with Gasteiger partial charge in [-0.1, -0.05) is 59.5 Å². The number of nitrogens with zero attached hydrogens (tertiary/aromatic N) is 2. The van der Waals surface area contributed by atoms with Gasteiger partial charge in [-0.25, -0.2) is 4.90 Å². The lowest BCUT2D eigenvalue weighted by molar-refractivity contribution is -0.137. The highest BCUT2D eigenvalue weighted by molar-refractivity contribution is 8.00. The first-order valence-corrected chi connectivity index (χ1v) is 14.7. The topological polar surface area (TPSA) is 97.7 Å². The number of fused-ring (bicyclic) bond motifs is 2. The highest BCUT2D eigenvalue weighted by Crippen LogP contribution is 2.54. The Morgan fingerprint density at radius 2 is 1.67 bits per heavy atom. The molecule has 4 aromatic rings. The smallest absolute Gasteiger partial charge is 0.416 e. The van der Waals surface area contributed by atoms with Gasteiger partial charge < -0.3 is 10.1 Å². The Morgan fingerprint density at radius 3 is 2.35 bits per heavy atom. The van der Waals surface area contributed by atoms with Crippen molar-refractivity contribution in [1.29, 1.82) is 0 Å². The zero-order valence-corrected chi connectivity index (χ0v) is 24.0. The highest BCUT2D eigenvalue weighted by Gasteiger charge is 2.57. The summed E-state index contributed by atoms with van der Waals surface area (Å²) in [6, 6.07) is 19.6. The highest BCUT2D eigenvalue weighted by atomic mass is 32.2. The number of amides is 3. The number of nitrogens with one attached hydrogen (secondary N) is 1. The van der Waals surface area contributed by atoms with E-state index in [0.717, 1.165) is 46.2 Å². The van der Waals surface area contributed by atoms with Crippen LogP contribution >= 0.6 is 23.1 Å². The first-order valence-electron chi connectivity index (χ1n) is 13.0. The summed E-state index contributed by atoms with van der Waals surface area (Å²) in [5, 5.41) is 2.06. The van der Waals surface area contributed by atoms with E-state index in [1.54, 1.807) is 54.6 Å². The number of benzene rings is 3. The van der Waals surface area contributed by atoms with Gasteiger partial charge in [0, 0.05) is 16.5 Å². The molecule has 0 saturated carbocycles. The molecule has 3 amide bonds. The lowest BCUT2D eigenvalue weighted by Gasteiger charge is -2.30. The molecule has 6 rings (SSSR count). The molecule has 0 aliphatic carbocycles. The van der Waals surface area contributed by atoms with Crippen LogP contribution in [0.2, 0.25) is 0 Å². The monoisotopic (exact) mass is 625 g/mol. The van der Waals surface area contributed by atoms with Crippen molar-refractivity contribution < 1.29 is 32.3 Å². The molecule has 1 N–H and O–H groups in total. The van der Waals surface area contributed by atoms with Crippen LogP contribution in [0.25, 0.3) is 0 Å². The van der Waals surface area contributed by atoms with Gasteiger partial charge in [-0.2, -0.15) is 13.2 Å². The second kappa shape index (κ2) is 11.0. The molecule has 8 nitrogen and oxygen atoms in total. The van der Waals surface area contributed by atoms with Crippen molar-refractivity contribution in [3.05, 3.63) is 105 Å². The Kier molecular flexibility index (Phi) is 7.38. The fourth-order valence-electron chi connectivity index (χ4n) is 5.37. The van der Waals surface area contributed by atoms with Crippen molar-refractivity contribution in [3.8, 4) is 5.75 Å². The second-order valence-electron chi connectivity index (χ2n) is 9.91. The van der Waals surface area contributed by atoms with E-state index in [1.165, 1.54) is 17.7 Å². The summed E-state index contributed by atoms with van der Waals surface area (Å²) in [6.45, 7) is -0.335. The van der Waals surface area contributed by atoms with Gasteiger partial charge in [-0.05, 0) is 48.0 Å². The molecule has 1 saturated heterocycles. The Morgan fingerprint density at radius 1 is 0.953 bits per heavy atom. The number of rotatable bonds is 6. The number of carbonyl (C=O) groups excluding carboxylic acids is 3. The molecular weight excluding hydrogens is 603 g/mol. The zero-order valence-electron chi connectivity index (χ0n) is 22.3. The van der Waals surface area contributed by atoms with Crippen molar-refractivity contribution in [2.75, 3.05) is 17.3 Å². The number of halogens is 3. The summed E-state index contributed by atoms with van der Waals surface area (Å²) >= 11 is 1.86. The third kappa shape index (κ3) is 5.23. The van der Waals surface area contributed by atoms with Gasteiger partial charge in [-0.3, -0.25) is 23.7 Å². The molecule has 1 aromatic heterocycles. The Hall–Kier alpha value is -4.36. The van der Waals surface area contributed by atoms with Gasteiger partial charge in [-0.15, -0.1) is 0 Å². The molecule has 3 heterocycles. The van der Waals surface area contributed by atoms with Gasteiger partial charge in [0.05, 0.1) is 29.3 Å². The van der Waals surface area contributed by atoms with Gasteiger partial charge >= 0.3 is 11.0 Å². The average Bonchev–Trinajstić information content (AvgIpc) is 3.43. The lowest BCUT2D eigenvalue weighted by Crippen LogP contribution is -2.33. The summed E-state index contributed by atoms with van der Waals surface area (Å²) in [5.74, 6) is -3.04. The number of aromatic nitrogens is 1. The maximum atomic E-state index is 13.9. The molecule has 13 heteroatoms. The number of anilines is 2. The van der Waals surface area contributed by atoms with Crippen molar-refractivity contribution in [3.63, 3.8) is 0 Å². The van der Waals surface area contributed by atoms with Crippen LogP contribution < -0.4 is 19.8 Å². The number of hydrogen-bond acceptors (Lipinski definition) is 7. The Labute approximate surface area is 251 Å². The van der Waals surface area contributed by atoms with Crippen LogP contribution in [0.4, 0.5) is 24.5 Å². The summed E-state index contributed by atoms with van der Waals surface area (Å²) in [5.41, 5.74) is -0.0122. The first kappa shape index (κ1) is 28.7. The molecule has 3 aromatic carbocycles. The van der Waals surface area contributed by atoms with E-state index in [0.29, 0.717) is 26.9 Å². The maximum Gasteiger partial charge on any atom is 0.416 e. The summed E-state index contributed by atoms with van der Waals surface area (Å²) in [7, 11) is 1.50. The normalized spacial score (nSPS) is 19.6. The van der Waals surface area contributed by atoms with Crippen molar-refractivity contribution in [2.24, 2.45) is 5.92 Å². The van der Waals surface area contributed by atoms with Crippen LogP contribution in [-0.4, -0.2) is 34.6 Å². The summed E-state index contributed by atoms with van der Waals surface area (Å²) in [6.07, 6.45) is -4.67. The van der Waals surface area contributed by atoms with E-state index in [1.807, 2.05) is 0 Å². The quantitative estimate of drug-likeness (QED) is 0.290. The molecule has 0 spiro atoms. The minimum absolute atomic E-state index is 0.184. The number of thiazole rings is 1. The number of carbonyl (C=O) groups is 3. The van der Waals surface area contributed by atoms with Crippen LogP contribution in [0.1, 0.15) is 21.9 Å². The van der Waals surface area contributed by atoms with Gasteiger partial charge in [0.25, 0.3) is 0 Å². The van der Waals surface area contributed by atoms with Gasteiger partial charge in [0.1, 0.15) is 17.5 Å². The number of ether oxygens (including phenoxy) is 1. The van der Waals surface area contributed by atoms with Crippen LogP contribution in [0.5, 0.6) is 5.75 Å². The molecule has 1 fully saturated rings. The predicted molar refractivity (Wildman–Crippen MR) is 156 cm³/mol. The van der Waals surface area contributed by atoms with Crippen molar-refractivity contribution >= 4 is 52.2 Å². The Balaban J connectivity index is 1.42. The van der Waals surface area contributed by atoms with Crippen LogP contribution in [0, 0.1) is 5.92 Å². The van der Waals surface area contributed by atoms with Crippen molar-refractivity contribution in [1.82, 2.24) is 4.57 Å². The van der Waals surface area contributed by atoms with E-state index in [2.05, 4.69) is 5.32 Å². The molecular formula is C30H22F3N3O5S2. The van der Waals surface area contributed by atoms with Crippen LogP contribution in [0.3, 0.4) is 0 Å². The van der Waals surface area contributed by atoms with E-state index >= 15 is 0 Å². The maximum absolute atomic E-state index is 13.9. The number of hydrogen-bond donors (Lipinski definition) is 1. The zero-order chi connectivity index (χ0) is 30.5. The fraction of sp³-hybridized carbons (Fsp3) is 0.200. The molecule has 0 bridgehead atoms. The molecule has 3 atom stereocenters. The number of thioether (sulfide) groups is 1. The van der Waals surface area contributed by atoms with E-state index < -0.39 is 51.4 Å². The second-order valence-corrected chi connectivity index (χ2v) is 12.0. The van der Waals surface area contributed by atoms with Crippen molar-refractivity contribution in [2.45, 2.75) is 28.9 Å². The summed E-state index contributed by atoms with van der Waals surface area (Å²) < 4.78 is 47.0. The number of methoxy groups -OCH3 is 1. The molecule has 220 valence electrons. The standard InChI is InChI=1S/C30H22F3N3O5S2/c1-41-20-12-10-16(11-13-20)22-23-24(27(39)36(26(23)38)19-9-5-6-17(14-19)30(31,32)33)42-28-25(22)43-29(40)35(28)15-21(37)34-18-7-3-2-4-8-18/h2-14,22-24H,15H2,1H3,(H,34,37)/t22-,23?,24?/m1/s1. The number of alkyl halides is 3. The average molecular weight is 626 g/mol. The molecule has 43 heavy (non-hydrogen) atoms. The SMILES string of the molecule is COc1ccc([C@H]2c3sc(=O)n(CC(=O)Nc4ccccc4)c3SC3C(=O)N(c4cccc(C(F)(F)F)c4)C(=O)C32)cc1. The van der Waals surface area contributed by atoms with E-state index in [4.69, 9.17) is 4.74 Å². The lowest BCUT2D eigenvalue weighted by atomic mass is 9.83. The molecule has 0 radical (unpaired) electrons. The van der Waals surface area contributed by atoms with E-state index in [-0.39, 0.29) is 12.2 Å². The third-order valence-corrected chi connectivity index (χ3v) is 9.92. The van der Waals surface area contributed by atoms with E-state index in [9.17, 15) is 32.3 Å².